The highest BCUT2D eigenvalue weighted by molar-refractivity contribution is 7.90. The van der Waals surface area contributed by atoms with Gasteiger partial charge in [0, 0.05) is 18.6 Å². The number of hydrogen-bond acceptors (Lipinski definition) is 7. The van der Waals surface area contributed by atoms with E-state index in [1.54, 1.807) is 11.9 Å². The molecule has 0 aromatic rings. The molecule has 28 heavy (non-hydrogen) atoms. The van der Waals surface area contributed by atoms with Crippen molar-refractivity contribution >= 4 is 22.0 Å². The number of nitrogens with zero attached hydrogens (tertiary/aromatic N) is 3. The van der Waals surface area contributed by atoms with Gasteiger partial charge in [0.05, 0.1) is 30.5 Å². The summed E-state index contributed by atoms with van der Waals surface area (Å²) in [6.07, 6.45) is 2.79. The molecule has 0 bridgehead atoms. The van der Waals surface area contributed by atoms with E-state index in [2.05, 4.69) is 15.6 Å². The maximum atomic E-state index is 13.2. The highest BCUT2D eigenvalue weighted by Gasteiger charge is 2.51. The van der Waals surface area contributed by atoms with Crippen LogP contribution in [0.5, 0.6) is 0 Å². The Kier molecular flexibility index (Phi) is 4.94. The average Bonchev–Trinajstić information content (AvgIpc) is 3.22. The van der Waals surface area contributed by atoms with Gasteiger partial charge in [-0.1, -0.05) is 0 Å². The molecule has 158 valence electrons. The van der Waals surface area contributed by atoms with Crippen molar-refractivity contribution in [3.63, 3.8) is 0 Å². The number of nitrogens with one attached hydrogen (secondary N) is 3. The molecular formula is C17H30N6O4S. The SMILES string of the molecule is CN1CNNC1CN1C(=O)C2CC(S(=O)(=O)NC3(C)CC3)CCC2N(C)C1=O. The number of hydrogen-bond donors (Lipinski definition) is 3. The van der Waals surface area contributed by atoms with Crippen LogP contribution in [0.3, 0.4) is 0 Å². The minimum atomic E-state index is -3.49. The highest BCUT2D eigenvalue weighted by atomic mass is 32.2. The minimum Gasteiger partial charge on any atom is -0.324 e. The quantitative estimate of drug-likeness (QED) is 0.540. The number of rotatable bonds is 5. The second-order valence-electron chi connectivity index (χ2n) is 8.91. The zero-order chi connectivity index (χ0) is 20.3. The van der Waals surface area contributed by atoms with Crippen LogP contribution in [-0.4, -0.2) is 85.4 Å². The first-order chi connectivity index (χ1) is 13.1. The lowest BCUT2D eigenvalue weighted by molar-refractivity contribution is -0.140. The molecule has 2 saturated carbocycles. The van der Waals surface area contributed by atoms with Crippen LogP contribution < -0.4 is 15.6 Å². The van der Waals surface area contributed by atoms with E-state index in [9.17, 15) is 18.0 Å². The van der Waals surface area contributed by atoms with Crippen LogP contribution >= 0.6 is 0 Å². The molecule has 0 radical (unpaired) electrons. The van der Waals surface area contributed by atoms with E-state index < -0.39 is 21.2 Å². The second kappa shape index (κ2) is 6.91. The van der Waals surface area contributed by atoms with Crippen LogP contribution in [0, 0.1) is 5.92 Å². The summed E-state index contributed by atoms with van der Waals surface area (Å²) >= 11 is 0. The molecule has 2 aliphatic heterocycles. The first-order valence-corrected chi connectivity index (χ1v) is 11.5. The van der Waals surface area contributed by atoms with Gasteiger partial charge < -0.3 is 4.90 Å². The summed E-state index contributed by atoms with van der Waals surface area (Å²) in [6, 6.07) is -0.537. The molecule has 2 aliphatic carbocycles. The number of carbonyl (C=O) groups is 2. The lowest BCUT2D eigenvalue weighted by atomic mass is 9.81. The van der Waals surface area contributed by atoms with Crippen molar-refractivity contribution in [3.05, 3.63) is 0 Å². The maximum Gasteiger partial charge on any atom is 0.326 e. The van der Waals surface area contributed by atoms with Crippen molar-refractivity contribution < 1.29 is 18.0 Å². The van der Waals surface area contributed by atoms with Gasteiger partial charge >= 0.3 is 6.03 Å². The monoisotopic (exact) mass is 414 g/mol. The first kappa shape index (κ1) is 20.0. The van der Waals surface area contributed by atoms with E-state index >= 15 is 0 Å². The summed E-state index contributed by atoms with van der Waals surface area (Å²) in [6.45, 7) is 2.76. The van der Waals surface area contributed by atoms with Crippen molar-refractivity contribution in [2.45, 2.75) is 62.0 Å². The Morgan fingerprint density at radius 1 is 1.21 bits per heavy atom. The molecule has 4 atom stereocenters. The Morgan fingerprint density at radius 3 is 2.54 bits per heavy atom. The van der Waals surface area contributed by atoms with Gasteiger partial charge in [-0.3, -0.25) is 14.6 Å². The highest BCUT2D eigenvalue weighted by Crippen LogP contribution is 2.39. The third-order valence-electron chi connectivity index (χ3n) is 6.69. The van der Waals surface area contributed by atoms with Crippen molar-refractivity contribution in [2.75, 3.05) is 27.3 Å². The lowest BCUT2D eigenvalue weighted by Gasteiger charge is -2.47. The third kappa shape index (κ3) is 3.54. The van der Waals surface area contributed by atoms with E-state index in [4.69, 9.17) is 0 Å². The molecular weight excluding hydrogens is 384 g/mol. The number of amides is 3. The number of hydrazine groups is 1. The van der Waals surface area contributed by atoms with E-state index in [1.807, 2.05) is 18.9 Å². The summed E-state index contributed by atoms with van der Waals surface area (Å²) in [7, 11) is 0.122. The number of likely N-dealkylation sites (N-methyl/N-ethyl adjacent to an activating group) is 1. The fraction of sp³-hybridized carbons (Fsp3) is 0.882. The summed E-state index contributed by atoms with van der Waals surface area (Å²) in [5.41, 5.74) is 5.72. The zero-order valence-corrected chi connectivity index (χ0v) is 17.5. The molecule has 4 fully saturated rings. The van der Waals surface area contributed by atoms with Gasteiger partial charge in [-0.05, 0) is 46.1 Å². The molecule has 0 aromatic carbocycles. The van der Waals surface area contributed by atoms with Gasteiger partial charge in [0.1, 0.15) is 0 Å². The third-order valence-corrected chi connectivity index (χ3v) is 8.77. The van der Waals surface area contributed by atoms with Crippen LogP contribution in [0.4, 0.5) is 4.79 Å². The van der Waals surface area contributed by atoms with Gasteiger partial charge in [-0.15, -0.1) is 0 Å². The van der Waals surface area contributed by atoms with Crippen molar-refractivity contribution in [1.82, 2.24) is 30.3 Å². The smallest absolute Gasteiger partial charge is 0.324 e. The van der Waals surface area contributed by atoms with Gasteiger partial charge in [0.15, 0.2) is 0 Å². The lowest BCUT2D eigenvalue weighted by Crippen LogP contribution is -2.65. The number of fused-ring (bicyclic) bond motifs is 1. The van der Waals surface area contributed by atoms with Crippen LogP contribution in [0.1, 0.15) is 39.0 Å². The molecule has 11 heteroatoms. The zero-order valence-electron chi connectivity index (χ0n) is 16.6. The Labute approximate surface area is 166 Å². The Bertz CT molecular complexity index is 770. The Hall–Kier alpha value is -1.27. The number of sulfonamides is 1. The maximum absolute atomic E-state index is 13.2. The van der Waals surface area contributed by atoms with Crippen LogP contribution in [-0.2, 0) is 14.8 Å². The number of urea groups is 1. The van der Waals surface area contributed by atoms with Gasteiger partial charge in [0.2, 0.25) is 15.9 Å². The van der Waals surface area contributed by atoms with E-state index in [0.717, 1.165) is 12.8 Å². The Morgan fingerprint density at radius 2 is 1.93 bits per heavy atom. The fourth-order valence-corrected chi connectivity index (χ4v) is 6.47. The van der Waals surface area contributed by atoms with Crippen LogP contribution in [0.25, 0.3) is 0 Å². The first-order valence-electron chi connectivity index (χ1n) is 9.91. The van der Waals surface area contributed by atoms with Crippen LogP contribution in [0.2, 0.25) is 0 Å². The van der Waals surface area contributed by atoms with Crippen molar-refractivity contribution in [1.29, 1.82) is 0 Å². The Balaban J connectivity index is 1.50. The van der Waals surface area contributed by atoms with Gasteiger partial charge in [-0.2, -0.15) is 0 Å². The molecule has 2 saturated heterocycles. The molecule has 3 amide bonds. The van der Waals surface area contributed by atoms with Crippen molar-refractivity contribution in [3.8, 4) is 0 Å². The molecule has 4 rings (SSSR count). The molecule has 2 heterocycles. The topological polar surface area (TPSA) is 114 Å². The molecule has 3 N–H and O–H groups in total. The average molecular weight is 415 g/mol. The normalized spacial score (nSPS) is 36.0. The number of carbonyl (C=O) groups excluding carboxylic acids is 2. The van der Waals surface area contributed by atoms with Gasteiger partial charge in [0.25, 0.3) is 0 Å². The minimum absolute atomic E-state index is 0.169. The summed E-state index contributed by atoms with van der Waals surface area (Å²) in [5, 5.41) is -0.590. The van der Waals surface area contributed by atoms with Crippen molar-refractivity contribution in [2.24, 2.45) is 5.92 Å². The summed E-state index contributed by atoms with van der Waals surface area (Å²) in [5.74, 6) is -0.738. The molecule has 4 aliphatic rings. The van der Waals surface area contributed by atoms with E-state index in [-0.39, 0.29) is 42.7 Å². The summed E-state index contributed by atoms with van der Waals surface area (Å²) < 4.78 is 28.5. The predicted molar refractivity (Wildman–Crippen MR) is 102 cm³/mol. The van der Waals surface area contributed by atoms with E-state index in [1.165, 1.54) is 4.90 Å². The molecule has 0 spiro atoms. The van der Waals surface area contributed by atoms with Gasteiger partial charge in [-0.25, -0.2) is 28.8 Å². The second-order valence-corrected chi connectivity index (χ2v) is 10.9. The van der Waals surface area contributed by atoms with E-state index in [0.29, 0.717) is 19.5 Å². The molecule has 10 nitrogen and oxygen atoms in total. The number of imide groups is 1. The molecule has 0 aromatic heterocycles. The summed E-state index contributed by atoms with van der Waals surface area (Å²) in [4.78, 5) is 30.8. The standard InChI is InChI=1S/C17H30N6O4S/c1-17(6-7-17)20-28(26,27)11-4-5-13-12(8-11)15(24)23(16(25)22(13)3)9-14-19-18-10-21(14)2/h11-14,18-20H,4-10H2,1-3H3. The largest absolute Gasteiger partial charge is 0.326 e. The molecule has 4 unspecified atom stereocenters. The fourth-order valence-electron chi connectivity index (χ4n) is 4.50. The van der Waals surface area contributed by atoms with Crippen LogP contribution in [0.15, 0.2) is 0 Å². The predicted octanol–water partition coefficient (Wildman–Crippen LogP) is -0.787.